The van der Waals surface area contributed by atoms with Crippen LogP contribution in [0.3, 0.4) is 0 Å². The number of nitrogens with zero attached hydrogens (tertiary/aromatic N) is 1. The first kappa shape index (κ1) is 11.4. The molecule has 1 fully saturated rings. The minimum absolute atomic E-state index is 0.296. The van der Waals surface area contributed by atoms with Gasteiger partial charge in [-0.25, -0.2) is 4.39 Å². The second-order valence-electron chi connectivity index (χ2n) is 3.69. The molecular weight excluding hydrogens is 225 g/mol. The molecule has 0 spiro atoms. The van der Waals surface area contributed by atoms with Crippen molar-refractivity contribution in [3.05, 3.63) is 29.6 Å². The molecule has 1 aliphatic heterocycles. The summed E-state index contributed by atoms with van der Waals surface area (Å²) < 4.78 is 18.8. The average molecular weight is 237 g/mol. The third-order valence-electron chi connectivity index (χ3n) is 2.52. The fraction of sp³-hybridized carbons (Fsp3) is 0.417. The molecule has 0 aliphatic carbocycles. The Morgan fingerprint density at radius 1 is 1.38 bits per heavy atom. The smallest absolute Gasteiger partial charge is 0.138 e. The maximum absolute atomic E-state index is 13.6. The third-order valence-corrected chi connectivity index (χ3v) is 3.91. The number of halogens is 1. The van der Waals surface area contributed by atoms with E-state index in [1.807, 2.05) is 6.07 Å². The normalized spacial score (nSPS) is 17.0. The quantitative estimate of drug-likeness (QED) is 0.792. The summed E-state index contributed by atoms with van der Waals surface area (Å²) in [5.74, 6) is -0.296. The minimum atomic E-state index is -0.296. The fourth-order valence-electron chi connectivity index (χ4n) is 1.64. The molecule has 2 nitrogen and oxygen atoms in total. The second kappa shape index (κ2) is 5.33. The van der Waals surface area contributed by atoms with E-state index in [1.165, 1.54) is 6.07 Å². The van der Waals surface area contributed by atoms with Gasteiger partial charge in [0, 0.05) is 23.4 Å². The van der Waals surface area contributed by atoms with E-state index >= 15 is 0 Å². The maximum atomic E-state index is 13.6. The van der Waals surface area contributed by atoms with Crippen molar-refractivity contribution in [2.75, 3.05) is 13.2 Å². The van der Waals surface area contributed by atoms with E-state index in [2.05, 4.69) is 0 Å². The van der Waals surface area contributed by atoms with E-state index in [0.717, 1.165) is 26.1 Å². The van der Waals surface area contributed by atoms with Gasteiger partial charge < -0.3 is 4.74 Å². The molecule has 1 heterocycles. The average Bonchev–Trinajstić information content (AvgIpc) is 2.33. The lowest BCUT2D eigenvalue weighted by molar-refractivity contribution is 0.1000. The lowest BCUT2D eigenvalue weighted by atomic mass is 10.2. The predicted molar refractivity (Wildman–Crippen MR) is 60.8 cm³/mol. The van der Waals surface area contributed by atoms with Gasteiger partial charge in [0.25, 0.3) is 0 Å². The summed E-state index contributed by atoms with van der Waals surface area (Å²) in [6.45, 7) is 1.52. The molecule has 0 bridgehead atoms. The van der Waals surface area contributed by atoms with Gasteiger partial charge in [-0.3, -0.25) is 0 Å². The van der Waals surface area contributed by atoms with E-state index in [4.69, 9.17) is 10.00 Å². The Balaban J connectivity index is 2.06. The maximum Gasteiger partial charge on any atom is 0.138 e. The zero-order chi connectivity index (χ0) is 11.4. The number of benzene rings is 1. The zero-order valence-electron chi connectivity index (χ0n) is 8.78. The molecule has 0 aromatic heterocycles. The molecule has 0 radical (unpaired) electrons. The van der Waals surface area contributed by atoms with Crippen LogP contribution in [0, 0.1) is 17.1 Å². The number of hydrogen-bond acceptors (Lipinski definition) is 3. The molecule has 84 valence electrons. The monoisotopic (exact) mass is 237 g/mol. The van der Waals surface area contributed by atoms with Gasteiger partial charge in [0.05, 0.1) is 11.6 Å². The van der Waals surface area contributed by atoms with Crippen LogP contribution in [-0.4, -0.2) is 18.5 Å². The Hall–Kier alpha value is -1.05. The van der Waals surface area contributed by atoms with Gasteiger partial charge >= 0.3 is 0 Å². The van der Waals surface area contributed by atoms with Crippen LogP contribution in [0.5, 0.6) is 0 Å². The highest BCUT2D eigenvalue weighted by atomic mass is 32.2. The molecule has 16 heavy (non-hydrogen) atoms. The van der Waals surface area contributed by atoms with Crippen LogP contribution in [0.4, 0.5) is 4.39 Å². The largest absolute Gasteiger partial charge is 0.381 e. The van der Waals surface area contributed by atoms with Gasteiger partial charge in [-0.1, -0.05) is 0 Å². The number of nitriles is 1. The minimum Gasteiger partial charge on any atom is -0.381 e. The van der Waals surface area contributed by atoms with Crippen LogP contribution in [-0.2, 0) is 4.74 Å². The Labute approximate surface area is 98.4 Å². The molecule has 1 aromatic rings. The third kappa shape index (κ3) is 2.75. The molecule has 4 heteroatoms. The molecule has 0 amide bonds. The van der Waals surface area contributed by atoms with Crippen LogP contribution < -0.4 is 0 Å². The molecule has 0 unspecified atom stereocenters. The summed E-state index contributed by atoms with van der Waals surface area (Å²) in [6.07, 6.45) is 1.92. The Bertz CT molecular complexity index is 410. The molecule has 1 saturated heterocycles. The Morgan fingerprint density at radius 3 is 2.75 bits per heavy atom. The summed E-state index contributed by atoms with van der Waals surface area (Å²) in [7, 11) is 0. The van der Waals surface area contributed by atoms with Gasteiger partial charge in [-0.05, 0) is 31.0 Å². The highest BCUT2D eigenvalue weighted by molar-refractivity contribution is 8.00. The van der Waals surface area contributed by atoms with E-state index in [9.17, 15) is 4.39 Å². The van der Waals surface area contributed by atoms with E-state index in [-0.39, 0.29) is 5.82 Å². The van der Waals surface area contributed by atoms with Crippen molar-refractivity contribution in [3.8, 4) is 6.07 Å². The van der Waals surface area contributed by atoms with Crippen molar-refractivity contribution in [3.63, 3.8) is 0 Å². The number of ether oxygens (including phenoxy) is 1. The predicted octanol–water partition coefficient (Wildman–Crippen LogP) is 2.97. The van der Waals surface area contributed by atoms with Gasteiger partial charge in [0.1, 0.15) is 5.82 Å². The summed E-state index contributed by atoms with van der Waals surface area (Å²) in [4.78, 5) is 0.630. The summed E-state index contributed by atoms with van der Waals surface area (Å²) in [5.41, 5.74) is 0.369. The zero-order valence-corrected chi connectivity index (χ0v) is 9.60. The summed E-state index contributed by atoms with van der Waals surface area (Å²) >= 11 is 1.55. The van der Waals surface area contributed by atoms with Crippen LogP contribution in [0.15, 0.2) is 23.1 Å². The van der Waals surface area contributed by atoms with Crippen LogP contribution in [0.2, 0.25) is 0 Å². The summed E-state index contributed by atoms with van der Waals surface area (Å²) in [6, 6.07) is 6.57. The fourth-order valence-corrected chi connectivity index (χ4v) is 2.74. The van der Waals surface area contributed by atoms with Crippen LogP contribution in [0.1, 0.15) is 18.4 Å². The molecule has 2 rings (SSSR count). The first-order chi connectivity index (χ1) is 7.79. The highest BCUT2D eigenvalue weighted by Gasteiger charge is 2.16. The molecule has 0 atom stereocenters. The first-order valence-electron chi connectivity index (χ1n) is 5.23. The van der Waals surface area contributed by atoms with Crippen LogP contribution >= 0.6 is 11.8 Å². The van der Waals surface area contributed by atoms with Crippen molar-refractivity contribution in [1.82, 2.24) is 0 Å². The van der Waals surface area contributed by atoms with Gasteiger partial charge in [-0.15, -0.1) is 11.8 Å². The molecule has 0 saturated carbocycles. The first-order valence-corrected chi connectivity index (χ1v) is 6.11. The van der Waals surface area contributed by atoms with Crippen molar-refractivity contribution in [2.24, 2.45) is 0 Å². The Kier molecular flexibility index (Phi) is 3.81. The summed E-state index contributed by atoms with van der Waals surface area (Å²) in [5, 5.41) is 9.06. The van der Waals surface area contributed by atoms with Crippen molar-refractivity contribution in [1.29, 1.82) is 5.26 Å². The van der Waals surface area contributed by atoms with Crippen LogP contribution in [0.25, 0.3) is 0 Å². The van der Waals surface area contributed by atoms with E-state index in [0.29, 0.717) is 15.7 Å². The number of rotatable bonds is 2. The molecule has 0 N–H and O–H groups in total. The lowest BCUT2D eigenvalue weighted by Crippen LogP contribution is -2.17. The molecule has 1 aliphatic rings. The van der Waals surface area contributed by atoms with Crippen molar-refractivity contribution < 1.29 is 9.13 Å². The van der Waals surface area contributed by atoms with Crippen molar-refractivity contribution >= 4 is 11.8 Å². The highest BCUT2D eigenvalue weighted by Crippen LogP contribution is 2.31. The molecular formula is C12H12FNOS. The topological polar surface area (TPSA) is 33.0 Å². The SMILES string of the molecule is N#Cc1ccc(SC2CCOCC2)c(F)c1. The van der Waals surface area contributed by atoms with Gasteiger partial charge in [-0.2, -0.15) is 5.26 Å². The Morgan fingerprint density at radius 2 is 2.12 bits per heavy atom. The molecule has 1 aromatic carbocycles. The van der Waals surface area contributed by atoms with Crippen molar-refractivity contribution in [2.45, 2.75) is 23.0 Å². The second-order valence-corrected chi connectivity index (χ2v) is 5.03. The van der Waals surface area contributed by atoms with Gasteiger partial charge in [0.2, 0.25) is 0 Å². The number of hydrogen-bond donors (Lipinski definition) is 0. The van der Waals surface area contributed by atoms with Gasteiger partial charge in [0.15, 0.2) is 0 Å². The lowest BCUT2D eigenvalue weighted by Gasteiger charge is -2.21. The van der Waals surface area contributed by atoms with E-state index in [1.54, 1.807) is 23.9 Å². The van der Waals surface area contributed by atoms with E-state index < -0.39 is 0 Å². The number of thioether (sulfide) groups is 1. The standard InChI is InChI=1S/C12H12FNOS/c13-11-7-9(8-14)1-2-12(11)16-10-3-5-15-6-4-10/h1-2,7,10H,3-6H2.